The molecule has 2 unspecified atom stereocenters. The van der Waals surface area contributed by atoms with E-state index < -0.39 is 23.8 Å². The lowest BCUT2D eigenvalue weighted by molar-refractivity contribution is -0.142. The van der Waals surface area contributed by atoms with Crippen LogP contribution in [-0.2, 0) is 16.0 Å². The second kappa shape index (κ2) is 17.2. The van der Waals surface area contributed by atoms with Crippen LogP contribution in [0.15, 0.2) is 70.1 Å². The topological polar surface area (TPSA) is 173 Å². The van der Waals surface area contributed by atoms with Crippen molar-refractivity contribution in [1.82, 2.24) is 9.80 Å². The number of Topliss-reactive ketones (excluding diaryl/α,β-unsaturated/α-hetero) is 1. The van der Waals surface area contributed by atoms with Gasteiger partial charge < -0.3 is 22.3 Å². The molecular weight excluding hydrogens is 611 g/mol. The van der Waals surface area contributed by atoms with E-state index in [1.807, 2.05) is 65.6 Å². The van der Waals surface area contributed by atoms with E-state index in [1.165, 1.54) is 11.3 Å². The Morgan fingerprint density at radius 1 is 0.733 bits per heavy atom. The van der Waals surface area contributed by atoms with Gasteiger partial charge in [-0.3, -0.25) is 29.0 Å². The molecule has 2 atom stereocenters. The predicted octanol–water partition coefficient (Wildman–Crippen LogP) is 4.68. The number of amides is 2. The summed E-state index contributed by atoms with van der Waals surface area (Å²) in [4.78, 5) is 49.0. The van der Waals surface area contributed by atoms with Crippen LogP contribution in [0, 0.1) is 13.8 Å². The van der Waals surface area contributed by atoms with Gasteiger partial charge in [-0.15, -0.1) is 0 Å². The summed E-state index contributed by atoms with van der Waals surface area (Å²) in [5.74, 6) is -1.53. The van der Waals surface area contributed by atoms with Crippen molar-refractivity contribution in [3.05, 3.63) is 109 Å². The summed E-state index contributed by atoms with van der Waals surface area (Å²) in [6.45, 7) is 3.63. The van der Waals surface area contributed by atoms with Gasteiger partial charge in [0.2, 0.25) is 11.8 Å². The number of nitrogens with zero attached hydrogens (tertiary/aromatic N) is 2. The SMILES string of the molecule is CN(C)C(C(=O)O)c1ccsc1.Cc1cc(CC(=O)C(c2ccsc2)N(C)C)ccc1C(N)=O.Cc1cc(N)ccc1C(N)=O. The molecule has 7 N–H and O–H groups in total. The monoisotopic (exact) mass is 651 g/mol. The Balaban J connectivity index is 0.000000259. The van der Waals surface area contributed by atoms with Gasteiger partial charge in [-0.25, -0.2) is 0 Å². The van der Waals surface area contributed by atoms with Gasteiger partial charge in [-0.2, -0.15) is 22.7 Å². The van der Waals surface area contributed by atoms with Gasteiger partial charge in [-0.1, -0.05) is 12.1 Å². The molecule has 2 aromatic heterocycles. The molecule has 10 nitrogen and oxygen atoms in total. The van der Waals surface area contributed by atoms with Crippen molar-refractivity contribution in [3.8, 4) is 0 Å². The van der Waals surface area contributed by atoms with Crippen molar-refractivity contribution >= 4 is 51.9 Å². The highest BCUT2D eigenvalue weighted by molar-refractivity contribution is 7.08. The molecule has 45 heavy (non-hydrogen) atoms. The van der Waals surface area contributed by atoms with Crippen LogP contribution < -0.4 is 17.2 Å². The first kappa shape index (κ1) is 36.8. The van der Waals surface area contributed by atoms with Gasteiger partial charge >= 0.3 is 5.97 Å². The summed E-state index contributed by atoms with van der Waals surface area (Å²) >= 11 is 3.10. The third-order valence-electron chi connectivity index (χ3n) is 6.74. The number of nitrogen functional groups attached to an aromatic ring is 1. The predicted molar refractivity (Wildman–Crippen MR) is 182 cm³/mol. The lowest BCUT2D eigenvalue weighted by Crippen LogP contribution is -2.28. The third-order valence-corrected chi connectivity index (χ3v) is 8.14. The average Bonchev–Trinajstić information content (AvgIpc) is 3.64. The quantitative estimate of drug-likeness (QED) is 0.179. The second-order valence-electron chi connectivity index (χ2n) is 10.8. The van der Waals surface area contributed by atoms with E-state index >= 15 is 0 Å². The lowest BCUT2D eigenvalue weighted by atomic mass is 9.96. The number of carbonyl (C=O) groups excluding carboxylic acids is 3. The van der Waals surface area contributed by atoms with Crippen LogP contribution in [0.1, 0.15) is 60.6 Å². The van der Waals surface area contributed by atoms with Gasteiger partial charge in [0, 0.05) is 23.2 Å². The van der Waals surface area contributed by atoms with E-state index in [0.29, 0.717) is 23.2 Å². The number of anilines is 1. The van der Waals surface area contributed by atoms with Gasteiger partial charge in [0.25, 0.3) is 0 Å². The molecule has 0 aliphatic carbocycles. The molecule has 4 aromatic rings. The number of aryl methyl sites for hydroxylation is 2. The Morgan fingerprint density at radius 2 is 1.20 bits per heavy atom. The molecule has 4 rings (SSSR count). The van der Waals surface area contributed by atoms with Crippen LogP contribution in [0.25, 0.3) is 0 Å². The molecule has 0 bridgehead atoms. The van der Waals surface area contributed by atoms with Crippen molar-refractivity contribution in [3.63, 3.8) is 0 Å². The molecule has 2 heterocycles. The number of hydrogen-bond acceptors (Lipinski definition) is 9. The number of hydrogen-bond donors (Lipinski definition) is 4. The molecule has 0 saturated carbocycles. The number of likely N-dealkylation sites (N-methyl/N-ethyl adjacent to an activating group) is 2. The van der Waals surface area contributed by atoms with Crippen molar-refractivity contribution in [1.29, 1.82) is 0 Å². The maximum atomic E-state index is 12.7. The highest BCUT2D eigenvalue weighted by Crippen LogP contribution is 2.24. The minimum atomic E-state index is -0.807. The number of benzene rings is 2. The fraction of sp³-hybridized carbons (Fsp3) is 0.273. The summed E-state index contributed by atoms with van der Waals surface area (Å²) in [6, 6.07) is 13.4. The van der Waals surface area contributed by atoms with Crippen LogP contribution in [0.2, 0.25) is 0 Å². The summed E-state index contributed by atoms with van der Waals surface area (Å²) in [7, 11) is 7.33. The smallest absolute Gasteiger partial charge is 0.325 e. The minimum Gasteiger partial charge on any atom is -0.480 e. The van der Waals surface area contributed by atoms with Crippen molar-refractivity contribution in [2.45, 2.75) is 32.4 Å². The van der Waals surface area contributed by atoms with Crippen LogP contribution >= 0.6 is 22.7 Å². The molecule has 0 fully saturated rings. The van der Waals surface area contributed by atoms with Gasteiger partial charge in [-0.05, 0) is 128 Å². The zero-order valence-electron chi connectivity index (χ0n) is 26.3. The fourth-order valence-corrected chi connectivity index (χ4v) is 6.03. The Kier molecular flexibility index (Phi) is 14.1. The Morgan fingerprint density at radius 3 is 1.58 bits per heavy atom. The molecule has 2 aromatic carbocycles. The number of carbonyl (C=O) groups is 4. The summed E-state index contributed by atoms with van der Waals surface area (Å²) in [5.41, 5.74) is 21.9. The minimum absolute atomic E-state index is 0.134. The first-order valence-corrected chi connectivity index (χ1v) is 15.7. The Labute approximate surface area is 272 Å². The number of carboxylic acid groups (broad SMARTS) is 1. The van der Waals surface area contributed by atoms with Crippen LogP contribution in [0.3, 0.4) is 0 Å². The molecule has 240 valence electrons. The molecule has 0 spiro atoms. The normalized spacial score (nSPS) is 11.9. The van der Waals surface area contributed by atoms with Crippen molar-refractivity contribution < 1.29 is 24.3 Å². The van der Waals surface area contributed by atoms with Crippen LogP contribution in [0.4, 0.5) is 5.69 Å². The van der Waals surface area contributed by atoms with Gasteiger partial charge in [0.1, 0.15) is 6.04 Å². The highest BCUT2D eigenvalue weighted by atomic mass is 32.1. The molecule has 0 radical (unpaired) electrons. The molecule has 2 amide bonds. The van der Waals surface area contributed by atoms with E-state index in [4.69, 9.17) is 22.3 Å². The lowest BCUT2D eigenvalue weighted by Gasteiger charge is -2.22. The van der Waals surface area contributed by atoms with E-state index in [9.17, 15) is 19.2 Å². The van der Waals surface area contributed by atoms with Crippen molar-refractivity contribution in [2.75, 3.05) is 33.9 Å². The van der Waals surface area contributed by atoms with E-state index in [1.54, 1.807) is 67.6 Å². The van der Waals surface area contributed by atoms with Gasteiger partial charge in [0.15, 0.2) is 5.78 Å². The third kappa shape index (κ3) is 10.9. The molecule has 12 heteroatoms. The molecular formula is C33H41N5O5S2. The number of aliphatic carboxylic acids is 1. The number of ketones is 1. The molecule has 0 aliphatic rings. The number of nitrogens with two attached hydrogens (primary N) is 3. The molecule has 0 aliphatic heterocycles. The van der Waals surface area contributed by atoms with E-state index in [0.717, 1.165) is 27.8 Å². The summed E-state index contributed by atoms with van der Waals surface area (Å²) in [6.07, 6.45) is 0.332. The number of thiophene rings is 2. The van der Waals surface area contributed by atoms with Crippen molar-refractivity contribution in [2.24, 2.45) is 11.5 Å². The zero-order chi connectivity index (χ0) is 33.8. The van der Waals surface area contributed by atoms with E-state index in [2.05, 4.69) is 0 Å². The summed E-state index contributed by atoms with van der Waals surface area (Å²) in [5, 5.41) is 16.6. The Hall–Kier alpha value is -4.36. The maximum absolute atomic E-state index is 12.7. The van der Waals surface area contributed by atoms with E-state index in [-0.39, 0.29) is 11.8 Å². The number of primary amides is 2. The first-order valence-electron chi connectivity index (χ1n) is 13.8. The zero-order valence-corrected chi connectivity index (χ0v) is 27.9. The summed E-state index contributed by atoms with van der Waals surface area (Å²) < 4.78 is 0. The molecule has 0 saturated heterocycles. The fourth-order valence-electron chi connectivity index (χ4n) is 4.67. The number of carboxylic acids is 1. The van der Waals surface area contributed by atoms with Gasteiger partial charge in [0.05, 0.1) is 6.04 Å². The number of rotatable bonds is 10. The Bertz CT molecular complexity index is 1580. The standard InChI is InChI=1S/C17H20N2O2S.C8H10N2O.C8H11NO2S/c1-11-8-12(4-5-14(11)17(18)21)9-15(20)16(19(2)3)13-6-7-22-10-13;1-5-4-6(9)2-3-7(5)8(10)11;1-9(2)7(8(10)11)6-3-4-12-5-6/h4-8,10,16H,9H2,1-3H3,(H2,18,21);2-4H,9H2,1H3,(H2,10,11);3-5,7H,1-2H3,(H,10,11). The van der Waals surface area contributed by atoms with Crippen LogP contribution in [-0.4, -0.2) is 66.7 Å². The van der Waals surface area contributed by atoms with Crippen LogP contribution in [0.5, 0.6) is 0 Å². The largest absolute Gasteiger partial charge is 0.480 e. The maximum Gasteiger partial charge on any atom is 0.325 e. The highest BCUT2D eigenvalue weighted by Gasteiger charge is 2.24. The first-order chi connectivity index (χ1) is 21.1. The average molecular weight is 652 g/mol. The second-order valence-corrected chi connectivity index (χ2v) is 12.3.